The Hall–Kier alpha value is -2.83. The molecule has 1 fully saturated rings. The second-order valence-electron chi connectivity index (χ2n) is 7.29. The van der Waals surface area contributed by atoms with Crippen LogP contribution in [0.2, 0.25) is 0 Å². The molecule has 0 saturated carbocycles. The predicted octanol–water partition coefficient (Wildman–Crippen LogP) is 2.77. The van der Waals surface area contributed by atoms with Crippen LogP contribution in [0.5, 0.6) is 5.75 Å². The summed E-state index contributed by atoms with van der Waals surface area (Å²) in [7, 11) is 0. The van der Waals surface area contributed by atoms with Crippen molar-refractivity contribution in [2.24, 2.45) is 4.99 Å². The lowest BCUT2D eigenvalue weighted by Gasteiger charge is -2.38. The van der Waals surface area contributed by atoms with Gasteiger partial charge in [0, 0.05) is 32.1 Å². The standard InChI is InChI=1S/C20H22FN3O3/c1-20(19(25)26)13-24-10-2-3-17(24)18(22-20)23-11-8-16(9-12-23)27-15-6-4-14(21)5-7-15/h2-7,10,16H,8-9,11-13H2,1H3,(H,25,26). The summed E-state index contributed by atoms with van der Waals surface area (Å²) in [5.74, 6) is 0.194. The number of aromatic nitrogens is 1. The Morgan fingerprint density at radius 3 is 2.63 bits per heavy atom. The minimum Gasteiger partial charge on any atom is -0.490 e. The van der Waals surface area contributed by atoms with Crippen molar-refractivity contribution < 1.29 is 19.0 Å². The monoisotopic (exact) mass is 371 g/mol. The molecule has 0 radical (unpaired) electrons. The lowest BCUT2D eigenvalue weighted by molar-refractivity contribution is -0.143. The zero-order valence-corrected chi connectivity index (χ0v) is 15.1. The summed E-state index contributed by atoms with van der Waals surface area (Å²) >= 11 is 0. The largest absolute Gasteiger partial charge is 0.490 e. The summed E-state index contributed by atoms with van der Waals surface area (Å²) in [5.41, 5.74) is -0.213. The Bertz CT molecular complexity index is 869. The van der Waals surface area contributed by atoms with Gasteiger partial charge < -0.3 is 19.3 Å². The van der Waals surface area contributed by atoms with E-state index in [9.17, 15) is 14.3 Å². The van der Waals surface area contributed by atoms with Gasteiger partial charge in [0.05, 0.1) is 12.2 Å². The molecule has 142 valence electrons. The third kappa shape index (κ3) is 3.41. The number of carboxylic acids is 1. The molecule has 0 aliphatic carbocycles. The van der Waals surface area contributed by atoms with E-state index in [1.54, 1.807) is 19.1 Å². The Morgan fingerprint density at radius 1 is 1.26 bits per heavy atom. The average Bonchev–Trinajstić information content (AvgIpc) is 3.11. The van der Waals surface area contributed by atoms with E-state index in [0.717, 1.165) is 37.5 Å². The number of benzene rings is 1. The van der Waals surface area contributed by atoms with Gasteiger partial charge in [0.1, 0.15) is 23.5 Å². The summed E-state index contributed by atoms with van der Waals surface area (Å²) < 4.78 is 20.9. The second kappa shape index (κ2) is 6.72. The Labute approximate surface area is 156 Å². The van der Waals surface area contributed by atoms with E-state index in [4.69, 9.17) is 4.74 Å². The smallest absolute Gasteiger partial charge is 0.333 e. The van der Waals surface area contributed by atoms with Gasteiger partial charge >= 0.3 is 5.97 Å². The molecule has 2 aliphatic rings. The maximum absolute atomic E-state index is 13.0. The Balaban J connectivity index is 1.47. The first-order chi connectivity index (χ1) is 12.9. The number of fused-ring (bicyclic) bond motifs is 1. The van der Waals surface area contributed by atoms with Crippen LogP contribution in [0.4, 0.5) is 4.39 Å². The van der Waals surface area contributed by atoms with E-state index in [2.05, 4.69) is 9.89 Å². The number of nitrogens with zero attached hydrogens (tertiary/aromatic N) is 3. The van der Waals surface area contributed by atoms with Crippen molar-refractivity contribution >= 4 is 11.8 Å². The van der Waals surface area contributed by atoms with Gasteiger partial charge in [0.15, 0.2) is 5.54 Å². The molecule has 0 bridgehead atoms. The third-order valence-corrected chi connectivity index (χ3v) is 5.21. The molecule has 2 aliphatic heterocycles. The van der Waals surface area contributed by atoms with E-state index in [1.807, 2.05) is 22.9 Å². The van der Waals surface area contributed by atoms with E-state index in [-0.39, 0.29) is 11.9 Å². The fourth-order valence-corrected chi connectivity index (χ4v) is 3.65. The molecule has 1 aromatic heterocycles. The normalized spacial score (nSPS) is 22.9. The molecular weight excluding hydrogens is 349 g/mol. The first-order valence-corrected chi connectivity index (χ1v) is 9.10. The van der Waals surface area contributed by atoms with Crippen molar-refractivity contribution in [1.29, 1.82) is 0 Å². The maximum atomic E-state index is 13.0. The van der Waals surface area contributed by atoms with Gasteiger partial charge in [-0.05, 0) is 43.3 Å². The van der Waals surface area contributed by atoms with Crippen LogP contribution in [0.15, 0.2) is 47.6 Å². The van der Waals surface area contributed by atoms with Crippen LogP contribution in [0.3, 0.4) is 0 Å². The van der Waals surface area contributed by atoms with Gasteiger partial charge in [-0.25, -0.2) is 14.2 Å². The molecular formula is C20H22FN3O3. The van der Waals surface area contributed by atoms with Crippen LogP contribution < -0.4 is 4.74 Å². The highest BCUT2D eigenvalue weighted by atomic mass is 19.1. The number of carboxylic acid groups (broad SMARTS) is 1. The molecule has 7 heteroatoms. The number of halogens is 1. The number of piperidine rings is 1. The predicted molar refractivity (Wildman–Crippen MR) is 98.6 cm³/mol. The lowest BCUT2D eigenvalue weighted by Crippen LogP contribution is -2.49. The van der Waals surface area contributed by atoms with Gasteiger partial charge in [-0.2, -0.15) is 0 Å². The zero-order chi connectivity index (χ0) is 19.0. The molecule has 4 rings (SSSR count). The van der Waals surface area contributed by atoms with Crippen LogP contribution in [-0.4, -0.2) is 51.1 Å². The number of rotatable bonds is 3. The number of ether oxygens (including phenoxy) is 1. The van der Waals surface area contributed by atoms with Gasteiger partial charge in [-0.3, -0.25) is 0 Å². The van der Waals surface area contributed by atoms with Crippen LogP contribution in [0.25, 0.3) is 0 Å². The van der Waals surface area contributed by atoms with E-state index >= 15 is 0 Å². The number of likely N-dealkylation sites (tertiary alicyclic amines) is 1. The van der Waals surface area contributed by atoms with Gasteiger partial charge in [-0.1, -0.05) is 0 Å². The number of aliphatic imine (C=N–C) groups is 1. The average molecular weight is 371 g/mol. The molecule has 3 heterocycles. The van der Waals surface area contributed by atoms with Crippen molar-refractivity contribution in [2.75, 3.05) is 13.1 Å². The van der Waals surface area contributed by atoms with Crippen LogP contribution >= 0.6 is 0 Å². The van der Waals surface area contributed by atoms with Crippen molar-refractivity contribution in [3.63, 3.8) is 0 Å². The van der Waals surface area contributed by atoms with E-state index in [1.165, 1.54) is 12.1 Å². The lowest BCUT2D eigenvalue weighted by atomic mass is 10.0. The first kappa shape index (κ1) is 17.6. The highest BCUT2D eigenvalue weighted by molar-refractivity contribution is 6.00. The molecule has 27 heavy (non-hydrogen) atoms. The highest BCUT2D eigenvalue weighted by Gasteiger charge is 2.39. The summed E-state index contributed by atoms with van der Waals surface area (Å²) in [5, 5.41) is 9.62. The minimum atomic E-state index is -1.16. The second-order valence-corrected chi connectivity index (χ2v) is 7.29. The molecule has 2 aromatic rings. The highest BCUT2D eigenvalue weighted by Crippen LogP contribution is 2.27. The number of aliphatic carboxylic acids is 1. The first-order valence-electron chi connectivity index (χ1n) is 9.10. The fourth-order valence-electron chi connectivity index (χ4n) is 3.65. The molecule has 1 unspecified atom stereocenters. The van der Waals surface area contributed by atoms with E-state index < -0.39 is 11.5 Å². The molecule has 0 spiro atoms. The van der Waals surface area contributed by atoms with Gasteiger partial charge in [-0.15, -0.1) is 0 Å². The number of amidine groups is 1. The summed E-state index contributed by atoms with van der Waals surface area (Å²) in [6, 6.07) is 9.95. The SMILES string of the molecule is CC1(C(=O)O)Cn2cccc2C(N2CCC(Oc3ccc(F)cc3)CC2)=N1. The zero-order valence-electron chi connectivity index (χ0n) is 15.1. The third-order valence-electron chi connectivity index (χ3n) is 5.21. The molecule has 1 N–H and O–H groups in total. The fraction of sp³-hybridized carbons (Fsp3) is 0.400. The molecule has 6 nitrogen and oxygen atoms in total. The topological polar surface area (TPSA) is 67.1 Å². The number of hydrogen-bond donors (Lipinski definition) is 1. The van der Waals surface area contributed by atoms with Crippen molar-refractivity contribution in [1.82, 2.24) is 9.47 Å². The van der Waals surface area contributed by atoms with Gasteiger partial charge in [0.25, 0.3) is 0 Å². The number of carbonyl (C=O) groups is 1. The molecule has 1 aromatic carbocycles. The maximum Gasteiger partial charge on any atom is 0.333 e. The van der Waals surface area contributed by atoms with E-state index in [0.29, 0.717) is 12.3 Å². The minimum absolute atomic E-state index is 0.0496. The van der Waals surface area contributed by atoms with Crippen molar-refractivity contribution in [3.05, 3.63) is 54.1 Å². The van der Waals surface area contributed by atoms with Crippen LogP contribution in [0, 0.1) is 5.82 Å². The summed E-state index contributed by atoms with van der Waals surface area (Å²) in [6.07, 6.45) is 3.53. The van der Waals surface area contributed by atoms with Crippen molar-refractivity contribution in [2.45, 2.75) is 38.0 Å². The number of hydrogen-bond acceptors (Lipinski definition) is 4. The molecule has 0 amide bonds. The molecule has 1 atom stereocenters. The van der Waals surface area contributed by atoms with Gasteiger partial charge in [0.2, 0.25) is 0 Å². The van der Waals surface area contributed by atoms with Crippen LogP contribution in [0.1, 0.15) is 25.5 Å². The summed E-state index contributed by atoms with van der Waals surface area (Å²) in [6.45, 7) is 3.44. The Morgan fingerprint density at radius 2 is 1.96 bits per heavy atom. The van der Waals surface area contributed by atoms with Crippen LogP contribution in [-0.2, 0) is 11.3 Å². The Kier molecular flexibility index (Phi) is 4.37. The quantitative estimate of drug-likeness (QED) is 0.901. The summed E-state index contributed by atoms with van der Waals surface area (Å²) in [4.78, 5) is 18.5. The van der Waals surface area contributed by atoms with Crippen molar-refractivity contribution in [3.8, 4) is 5.75 Å². The molecule has 1 saturated heterocycles.